The maximum atomic E-state index is 9.65. The Kier molecular flexibility index (Phi) is 3.42. The summed E-state index contributed by atoms with van der Waals surface area (Å²) in [6.07, 6.45) is 1.24. The number of aliphatic hydroxyl groups excluding tert-OH is 1. The first kappa shape index (κ1) is 11.4. The van der Waals surface area contributed by atoms with Gasteiger partial charge in [-0.3, -0.25) is 0 Å². The van der Waals surface area contributed by atoms with Gasteiger partial charge >= 0.3 is 0 Å². The van der Waals surface area contributed by atoms with Crippen LogP contribution in [-0.2, 0) is 4.74 Å². The molecular weight excluding hydrogens is 234 g/mol. The van der Waals surface area contributed by atoms with E-state index in [1.807, 2.05) is 0 Å². The van der Waals surface area contributed by atoms with Crippen LogP contribution in [0.25, 0.3) is 0 Å². The predicted octanol–water partition coefficient (Wildman–Crippen LogP) is 0.0331. The molecule has 0 bridgehead atoms. The quantitative estimate of drug-likeness (QED) is 0.716. The average molecular weight is 246 g/mol. The normalized spacial score (nSPS) is 21.1. The molecule has 2 heterocycles. The number of nitrogens with zero attached hydrogens (tertiary/aromatic N) is 3. The topological polar surface area (TPSA) is 78.7 Å². The standard InChI is InChI=1S/C9H12ClN3O3/c10-9-11-3-7(15)8(12-9)13-1-2-16-5-6(13)4-14/h3,6,14-15H,1-2,4-5H2/t6-/m1/s1. The van der Waals surface area contributed by atoms with E-state index >= 15 is 0 Å². The first-order valence-electron chi connectivity index (χ1n) is 4.89. The smallest absolute Gasteiger partial charge is 0.224 e. The van der Waals surface area contributed by atoms with E-state index in [0.717, 1.165) is 0 Å². The Hall–Kier alpha value is -1.11. The Morgan fingerprint density at radius 3 is 3.19 bits per heavy atom. The van der Waals surface area contributed by atoms with E-state index in [1.54, 1.807) is 4.90 Å². The van der Waals surface area contributed by atoms with Crippen molar-refractivity contribution in [1.82, 2.24) is 9.97 Å². The van der Waals surface area contributed by atoms with Crippen LogP contribution in [0.2, 0.25) is 5.28 Å². The molecule has 0 amide bonds. The monoisotopic (exact) mass is 245 g/mol. The lowest BCUT2D eigenvalue weighted by Crippen LogP contribution is -2.48. The summed E-state index contributed by atoms with van der Waals surface area (Å²) in [4.78, 5) is 9.40. The van der Waals surface area contributed by atoms with E-state index in [2.05, 4.69) is 9.97 Å². The molecule has 0 aromatic carbocycles. The molecule has 1 aromatic heterocycles. The number of halogens is 1. The molecule has 7 heteroatoms. The Morgan fingerprint density at radius 1 is 1.62 bits per heavy atom. The number of aromatic nitrogens is 2. The van der Waals surface area contributed by atoms with Crippen LogP contribution < -0.4 is 4.90 Å². The first-order valence-corrected chi connectivity index (χ1v) is 5.27. The van der Waals surface area contributed by atoms with Crippen LogP contribution in [0.15, 0.2) is 6.20 Å². The zero-order valence-corrected chi connectivity index (χ0v) is 9.26. The van der Waals surface area contributed by atoms with Crippen molar-refractivity contribution in [2.75, 3.05) is 31.3 Å². The molecule has 1 aromatic rings. The Balaban J connectivity index is 2.30. The minimum absolute atomic E-state index is 0.0512. The van der Waals surface area contributed by atoms with Gasteiger partial charge in [-0.2, -0.15) is 4.98 Å². The minimum Gasteiger partial charge on any atom is -0.503 e. The molecule has 1 aliphatic rings. The van der Waals surface area contributed by atoms with Gasteiger partial charge in [-0.25, -0.2) is 4.98 Å². The molecule has 2 N–H and O–H groups in total. The third-order valence-electron chi connectivity index (χ3n) is 2.43. The number of hydrogen-bond donors (Lipinski definition) is 2. The molecule has 0 saturated carbocycles. The third-order valence-corrected chi connectivity index (χ3v) is 2.61. The highest BCUT2D eigenvalue weighted by Crippen LogP contribution is 2.27. The van der Waals surface area contributed by atoms with Crippen LogP contribution in [0.5, 0.6) is 5.75 Å². The fourth-order valence-corrected chi connectivity index (χ4v) is 1.77. The van der Waals surface area contributed by atoms with Crippen molar-refractivity contribution in [2.45, 2.75) is 6.04 Å². The van der Waals surface area contributed by atoms with Crippen LogP contribution in [0.3, 0.4) is 0 Å². The van der Waals surface area contributed by atoms with Gasteiger partial charge in [0.05, 0.1) is 32.1 Å². The van der Waals surface area contributed by atoms with Gasteiger partial charge in [0.2, 0.25) is 5.28 Å². The SMILES string of the molecule is OC[C@@H]1COCCN1c1nc(Cl)ncc1O. The molecule has 2 rings (SSSR count). The summed E-state index contributed by atoms with van der Waals surface area (Å²) in [6, 6.07) is -0.217. The molecule has 16 heavy (non-hydrogen) atoms. The summed E-state index contributed by atoms with van der Waals surface area (Å²) in [7, 11) is 0. The number of morpholine rings is 1. The Bertz CT molecular complexity index is 377. The Labute approximate surface area is 97.5 Å². The summed E-state index contributed by atoms with van der Waals surface area (Å²) < 4.78 is 5.24. The molecule has 1 fully saturated rings. The van der Waals surface area contributed by atoms with E-state index < -0.39 is 0 Å². The zero-order chi connectivity index (χ0) is 11.5. The second-order valence-corrected chi connectivity index (χ2v) is 3.79. The van der Waals surface area contributed by atoms with Crippen LogP contribution in [0.4, 0.5) is 5.82 Å². The maximum absolute atomic E-state index is 9.65. The van der Waals surface area contributed by atoms with Gasteiger partial charge in [0.15, 0.2) is 11.6 Å². The number of aromatic hydroxyl groups is 1. The van der Waals surface area contributed by atoms with Crippen molar-refractivity contribution in [3.8, 4) is 5.75 Å². The number of ether oxygens (including phenoxy) is 1. The zero-order valence-electron chi connectivity index (χ0n) is 8.51. The average Bonchev–Trinajstić information content (AvgIpc) is 2.32. The van der Waals surface area contributed by atoms with Gasteiger partial charge in [0.1, 0.15) is 0 Å². The van der Waals surface area contributed by atoms with E-state index in [0.29, 0.717) is 25.6 Å². The number of hydrogen-bond acceptors (Lipinski definition) is 6. The molecule has 1 atom stereocenters. The van der Waals surface area contributed by atoms with Gasteiger partial charge in [-0.05, 0) is 11.6 Å². The molecule has 0 aliphatic carbocycles. The molecule has 0 unspecified atom stereocenters. The first-order chi connectivity index (χ1) is 7.72. The van der Waals surface area contributed by atoms with Gasteiger partial charge < -0.3 is 19.8 Å². The fourth-order valence-electron chi connectivity index (χ4n) is 1.64. The summed E-state index contributed by atoms with van der Waals surface area (Å²) in [6.45, 7) is 1.41. The van der Waals surface area contributed by atoms with Gasteiger partial charge in [-0.1, -0.05) is 0 Å². The van der Waals surface area contributed by atoms with Crippen molar-refractivity contribution in [1.29, 1.82) is 0 Å². The molecule has 1 aliphatic heterocycles. The molecule has 0 radical (unpaired) electrons. The molecule has 1 saturated heterocycles. The lowest BCUT2D eigenvalue weighted by atomic mass is 10.2. The third kappa shape index (κ3) is 2.18. The van der Waals surface area contributed by atoms with Gasteiger partial charge in [0, 0.05) is 6.54 Å². The van der Waals surface area contributed by atoms with Crippen molar-refractivity contribution >= 4 is 17.4 Å². The predicted molar refractivity (Wildman–Crippen MR) is 57.7 cm³/mol. The molecule has 0 spiro atoms. The summed E-state index contributed by atoms with van der Waals surface area (Å²) in [5.74, 6) is 0.284. The number of anilines is 1. The van der Waals surface area contributed by atoms with Crippen molar-refractivity contribution in [2.24, 2.45) is 0 Å². The van der Waals surface area contributed by atoms with Gasteiger partial charge in [0.25, 0.3) is 0 Å². The van der Waals surface area contributed by atoms with Crippen molar-refractivity contribution in [3.63, 3.8) is 0 Å². The van der Waals surface area contributed by atoms with E-state index in [4.69, 9.17) is 16.3 Å². The summed E-state index contributed by atoms with van der Waals surface area (Å²) >= 11 is 5.67. The highest BCUT2D eigenvalue weighted by molar-refractivity contribution is 6.28. The maximum Gasteiger partial charge on any atom is 0.224 e. The summed E-state index contributed by atoms with van der Waals surface area (Å²) in [5, 5.41) is 18.9. The highest BCUT2D eigenvalue weighted by Gasteiger charge is 2.26. The van der Waals surface area contributed by atoms with E-state index in [9.17, 15) is 10.2 Å². The van der Waals surface area contributed by atoms with Crippen LogP contribution in [0.1, 0.15) is 0 Å². The lowest BCUT2D eigenvalue weighted by Gasteiger charge is -2.35. The molecular formula is C9H12ClN3O3. The van der Waals surface area contributed by atoms with Gasteiger partial charge in [-0.15, -0.1) is 0 Å². The van der Waals surface area contributed by atoms with Crippen molar-refractivity contribution in [3.05, 3.63) is 11.5 Å². The van der Waals surface area contributed by atoms with Crippen LogP contribution in [-0.4, -0.2) is 52.6 Å². The largest absolute Gasteiger partial charge is 0.503 e. The highest BCUT2D eigenvalue weighted by atomic mass is 35.5. The van der Waals surface area contributed by atoms with E-state index in [1.165, 1.54) is 6.20 Å². The number of aliphatic hydroxyl groups is 1. The minimum atomic E-state index is -0.217. The second-order valence-electron chi connectivity index (χ2n) is 3.45. The molecule has 6 nitrogen and oxygen atoms in total. The van der Waals surface area contributed by atoms with Crippen LogP contribution in [0, 0.1) is 0 Å². The number of rotatable bonds is 2. The van der Waals surface area contributed by atoms with Crippen LogP contribution >= 0.6 is 11.6 Å². The van der Waals surface area contributed by atoms with Crippen molar-refractivity contribution < 1.29 is 14.9 Å². The summed E-state index contributed by atoms with van der Waals surface area (Å²) in [5.41, 5.74) is 0. The molecule has 88 valence electrons. The van der Waals surface area contributed by atoms with E-state index in [-0.39, 0.29) is 23.7 Å². The second kappa shape index (κ2) is 4.82. The Morgan fingerprint density at radius 2 is 2.44 bits per heavy atom. The fraction of sp³-hybridized carbons (Fsp3) is 0.556. The lowest BCUT2D eigenvalue weighted by molar-refractivity contribution is 0.0720.